The number of hydrogen-bond donors (Lipinski definition) is 2. The van der Waals surface area contributed by atoms with E-state index in [0.29, 0.717) is 12.0 Å². The Kier molecular flexibility index (Phi) is 6.27. The molecular weight excluding hydrogens is 212 g/mol. The molecule has 0 heterocycles. The Bertz CT molecular complexity index is 261. The van der Waals surface area contributed by atoms with Crippen molar-refractivity contribution in [2.45, 2.75) is 58.5 Å². The van der Waals surface area contributed by atoms with Crippen LogP contribution in [-0.2, 0) is 4.79 Å². The Morgan fingerprint density at radius 1 is 1.35 bits per heavy atom. The maximum absolute atomic E-state index is 11.8. The van der Waals surface area contributed by atoms with E-state index >= 15 is 0 Å². The lowest BCUT2D eigenvalue weighted by atomic mass is 10.0. The molecule has 0 fully saturated rings. The summed E-state index contributed by atoms with van der Waals surface area (Å²) < 4.78 is 0. The zero-order chi connectivity index (χ0) is 12.7. The molecule has 17 heavy (non-hydrogen) atoms. The first-order chi connectivity index (χ1) is 8.09. The van der Waals surface area contributed by atoms with Gasteiger partial charge in [0.1, 0.15) is 0 Å². The number of carbonyl (C=O) groups is 1. The van der Waals surface area contributed by atoms with Gasteiger partial charge in [0.2, 0.25) is 5.91 Å². The number of allylic oxidation sites excluding steroid dienone is 1. The van der Waals surface area contributed by atoms with Crippen molar-refractivity contribution in [2.24, 2.45) is 5.92 Å². The fourth-order valence-corrected chi connectivity index (χ4v) is 2.01. The topological polar surface area (TPSA) is 41.1 Å². The molecular formula is C14H26N2O. The lowest BCUT2D eigenvalue weighted by Gasteiger charge is -2.23. The molecule has 1 aliphatic carbocycles. The highest BCUT2D eigenvalue weighted by Gasteiger charge is 2.17. The first-order valence-corrected chi connectivity index (χ1v) is 6.78. The number of nitrogens with one attached hydrogen (secondary N) is 2. The molecule has 98 valence electrons. The molecule has 2 atom stereocenters. The summed E-state index contributed by atoms with van der Waals surface area (Å²) in [5.74, 6) is 0.766. The second-order valence-corrected chi connectivity index (χ2v) is 5.34. The lowest BCUT2D eigenvalue weighted by Crippen LogP contribution is -2.47. The van der Waals surface area contributed by atoms with Gasteiger partial charge in [0.15, 0.2) is 0 Å². The second-order valence-electron chi connectivity index (χ2n) is 5.34. The molecule has 0 saturated carbocycles. The van der Waals surface area contributed by atoms with Crippen LogP contribution in [0, 0.1) is 5.92 Å². The average Bonchev–Trinajstić information content (AvgIpc) is 2.29. The van der Waals surface area contributed by atoms with Crippen LogP contribution >= 0.6 is 0 Å². The van der Waals surface area contributed by atoms with E-state index < -0.39 is 0 Å². The first kappa shape index (κ1) is 14.2. The van der Waals surface area contributed by atoms with E-state index in [4.69, 9.17) is 0 Å². The molecule has 1 rings (SSSR count). The zero-order valence-corrected chi connectivity index (χ0v) is 11.3. The van der Waals surface area contributed by atoms with Crippen LogP contribution in [0.1, 0.15) is 46.5 Å². The fraction of sp³-hybridized carbons (Fsp3) is 0.786. The molecule has 0 spiro atoms. The van der Waals surface area contributed by atoms with E-state index in [2.05, 4.69) is 36.6 Å². The van der Waals surface area contributed by atoms with Crippen molar-refractivity contribution >= 4 is 5.91 Å². The maximum atomic E-state index is 11.8. The molecule has 2 N–H and O–H groups in total. The highest BCUT2D eigenvalue weighted by molar-refractivity contribution is 5.81. The van der Waals surface area contributed by atoms with Gasteiger partial charge in [-0.25, -0.2) is 0 Å². The van der Waals surface area contributed by atoms with Crippen molar-refractivity contribution in [1.29, 1.82) is 0 Å². The quantitative estimate of drug-likeness (QED) is 0.697. The third kappa shape index (κ3) is 5.87. The Morgan fingerprint density at radius 3 is 2.71 bits per heavy atom. The van der Waals surface area contributed by atoms with Gasteiger partial charge in [-0.05, 0) is 38.5 Å². The molecule has 0 aromatic carbocycles. The summed E-state index contributed by atoms with van der Waals surface area (Å²) in [4.78, 5) is 11.8. The highest BCUT2D eigenvalue weighted by atomic mass is 16.2. The van der Waals surface area contributed by atoms with E-state index in [-0.39, 0.29) is 11.9 Å². The fourth-order valence-electron chi connectivity index (χ4n) is 2.01. The van der Waals surface area contributed by atoms with Crippen molar-refractivity contribution < 1.29 is 4.79 Å². The third-order valence-electron chi connectivity index (χ3n) is 3.17. The Labute approximate surface area is 105 Å². The van der Waals surface area contributed by atoms with Crippen LogP contribution in [-0.4, -0.2) is 24.5 Å². The maximum Gasteiger partial charge on any atom is 0.236 e. The molecule has 2 unspecified atom stereocenters. The molecule has 3 nitrogen and oxygen atoms in total. The zero-order valence-electron chi connectivity index (χ0n) is 11.3. The molecule has 0 aromatic rings. The van der Waals surface area contributed by atoms with Gasteiger partial charge >= 0.3 is 0 Å². The molecule has 0 aromatic heterocycles. The Hall–Kier alpha value is -0.830. The summed E-state index contributed by atoms with van der Waals surface area (Å²) in [5, 5.41) is 6.38. The minimum atomic E-state index is -0.0846. The third-order valence-corrected chi connectivity index (χ3v) is 3.17. The average molecular weight is 238 g/mol. The first-order valence-electron chi connectivity index (χ1n) is 6.78. The Balaban J connectivity index is 2.19. The normalized spacial score (nSPS) is 21.5. The van der Waals surface area contributed by atoms with Gasteiger partial charge in [0.25, 0.3) is 0 Å². The number of rotatable bonds is 6. The Morgan fingerprint density at radius 2 is 2.12 bits per heavy atom. The summed E-state index contributed by atoms with van der Waals surface area (Å²) in [6, 6.07) is 0.379. The van der Waals surface area contributed by atoms with Gasteiger partial charge in [-0.15, -0.1) is 0 Å². The molecule has 1 amide bonds. The molecule has 3 heteroatoms. The summed E-state index contributed by atoms with van der Waals surface area (Å²) >= 11 is 0. The van der Waals surface area contributed by atoms with Crippen LogP contribution in [0.5, 0.6) is 0 Å². The van der Waals surface area contributed by atoms with Crippen LogP contribution < -0.4 is 10.6 Å². The van der Waals surface area contributed by atoms with Crippen LogP contribution in [0.15, 0.2) is 12.2 Å². The van der Waals surface area contributed by atoms with Crippen molar-refractivity contribution in [1.82, 2.24) is 10.6 Å². The van der Waals surface area contributed by atoms with Gasteiger partial charge in [0.05, 0.1) is 6.04 Å². The van der Waals surface area contributed by atoms with Gasteiger partial charge in [0, 0.05) is 12.6 Å². The van der Waals surface area contributed by atoms with Crippen LogP contribution in [0.3, 0.4) is 0 Å². The van der Waals surface area contributed by atoms with E-state index in [1.165, 1.54) is 0 Å². The van der Waals surface area contributed by atoms with Crippen molar-refractivity contribution in [3.05, 3.63) is 12.2 Å². The van der Waals surface area contributed by atoms with Crippen molar-refractivity contribution in [2.75, 3.05) is 6.54 Å². The predicted octanol–water partition coefficient (Wildman–Crippen LogP) is 2.24. The van der Waals surface area contributed by atoms with Crippen LogP contribution in [0.25, 0.3) is 0 Å². The van der Waals surface area contributed by atoms with E-state index in [9.17, 15) is 4.79 Å². The van der Waals surface area contributed by atoms with Gasteiger partial charge in [-0.2, -0.15) is 0 Å². The molecule has 0 saturated heterocycles. The highest BCUT2D eigenvalue weighted by Crippen LogP contribution is 2.11. The van der Waals surface area contributed by atoms with Gasteiger partial charge in [-0.1, -0.05) is 26.0 Å². The monoisotopic (exact) mass is 238 g/mol. The number of amides is 1. The molecule has 1 aliphatic rings. The minimum Gasteiger partial charge on any atom is -0.355 e. The second kappa shape index (κ2) is 7.49. The van der Waals surface area contributed by atoms with E-state index in [0.717, 1.165) is 32.2 Å². The SMILES string of the molecule is CC(C)CCNC(=O)C(C)NC1CC=CCC1. The summed E-state index contributed by atoms with van der Waals surface area (Å²) in [5.41, 5.74) is 0. The standard InChI is InChI=1S/C14H26N2O/c1-11(2)9-10-15-14(17)12(3)16-13-7-5-4-6-8-13/h4-5,11-13,16H,6-10H2,1-3H3,(H,15,17). The van der Waals surface area contributed by atoms with Gasteiger partial charge < -0.3 is 10.6 Å². The number of hydrogen-bond acceptors (Lipinski definition) is 2. The summed E-state index contributed by atoms with van der Waals surface area (Å²) in [6.45, 7) is 7.07. The van der Waals surface area contributed by atoms with Crippen molar-refractivity contribution in [3.8, 4) is 0 Å². The smallest absolute Gasteiger partial charge is 0.236 e. The van der Waals surface area contributed by atoms with E-state index in [1.54, 1.807) is 0 Å². The van der Waals surface area contributed by atoms with Crippen LogP contribution in [0.4, 0.5) is 0 Å². The molecule has 0 aliphatic heterocycles. The lowest BCUT2D eigenvalue weighted by molar-refractivity contribution is -0.123. The summed E-state index contributed by atoms with van der Waals surface area (Å²) in [7, 11) is 0. The molecule has 0 radical (unpaired) electrons. The van der Waals surface area contributed by atoms with E-state index in [1.807, 2.05) is 6.92 Å². The molecule has 0 bridgehead atoms. The predicted molar refractivity (Wildman–Crippen MR) is 71.8 cm³/mol. The van der Waals surface area contributed by atoms with Crippen LogP contribution in [0.2, 0.25) is 0 Å². The van der Waals surface area contributed by atoms with Gasteiger partial charge in [-0.3, -0.25) is 4.79 Å². The minimum absolute atomic E-state index is 0.0846. The number of carbonyl (C=O) groups excluding carboxylic acids is 1. The summed E-state index contributed by atoms with van der Waals surface area (Å²) in [6.07, 6.45) is 8.77. The van der Waals surface area contributed by atoms with Crippen molar-refractivity contribution in [3.63, 3.8) is 0 Å². The largest absolute Gasteiger partial charge is 0.355 e.